The molecular formula is C19H19ClFN7O2. The van der Waals surface area contributed by atoms with Crippen molar-refractivity contribution in [2.75, 3.05) is 30.8 Å². The Labute approximate surface area is 176 Å². The Morgan fingerprint density at radius 2 is 2.20 bits per heavy atom. The molecule has 9 nitrogen and oxygen atoms in total. The van der Waals surface area contributed by atoms with Gasteiger partial charge in [0.25, 0.3) is 0 Å². The van der Waals surface area contributed by atoms with E-state index in [1.165, 1.54) is 25.6 Å². The van der Waals surface area contributed by atoms with Crippen LogP contribution in [0.2, 0.25) is 5.02 Å². The van der Waals surface area contributed by atoms with Gasteiger partial charge in [0.15, 0.2) is 5.82 Å². The molecule has 3 aromatic rings. The average Bonchev–Trinajstić information content (AvgIpc) is 2.76. The summed E-state index contributed by atoms with van der Waals surface area (Å²) in [4.78, 5) is 30.7. The molecule has 1 aliphatic heterocycles. The molecule has 1 aliphatic rings. The van der Waals surface area contributed by atoms with E-state index in [0.29, 0.717) is 41.6 Å². The lowest BCUT2D eigenvalue weighted by molar-refractivity contribution is 0.113. The second kappa shape index (κ2) is 8.62. The van der Waals surface area contributed by atoms with Crippen LogP contribution in [0.15, 0.2) is 30.7 Å². The smallest absolute Gasteiger partial charge is 0.409 e. The number of likely N-dealkylation sites (tertiary alicyclic amines) is 1. The number of ether oxygens (including phenoxy) is 1. The SMILES string of the molecule is COC(=O)N1CCCC(Nc2ncc3ncnc(Nc4ccc(F)c(Cl)c4)c3n2)C1. The molecule has 1 unspecified atom stereocenters. The predicted octanol–water partition coefficient (Wildman–Crippen LogP) is 3.60. The van der Waals surface area contributed by atoms with E-state index in [1.807, 2.05) is 0 Å². The first-order chi connectivity index (χ1) is 14.5. The summed E-state index contributed by atoms with van der Waals surface area (Å²) in [5.74, 6) is 0.333. The summed E-state index contributed by atoms with van der Waals surface area (Å²) < 4.78 is 18.2. The van der Waals surface area contributed by atoms with Gasteiger partial charge in [0.05, 0.1) is 18.3 Å². The minimum Gasteiger partial charge on any atom is -0.453 e. The van der Waals surface area contributed by atoms with Crippen molar-refractivity contribution in [3.05, 3.63) is 41.6 Å². The molecule has 3 heterocycles. The summed E-state index contributed by atoms with van der Waals surface area (Å²) in [6, 6.07) is 4.28. The standard InChI is InChI=1S/C19H19ClFN7O2/c1-30-19(29)28-6-2-3-12(9-28)26-18-22-8-15-16(27-18)17(24-10-23-15)25-11-4-5-14(21)13(20)7-11/h4-5,7-8,10,12H,2-3,6,9H2,1H3,(H,22,26,27)(H,23,24,25). The van der Waals surface area contributed by atoms with E-state index in [2.05, 4.69) is 30.6 Å². The number of piperidine rings is 1. The number of amides is 1. The molecule has 156 valence electrons. The monoisotopic (exact) mass is 431 g/mol. The highest BCUT2D eigenvalue weighted by atomic mass is 35.5. The Morgan fingerprint density at radius 3 is 3.00 bits per heavy atom. The molecular weight excluding hydrogens is 413 g/mol. The normalized spacial score (nSPS) is 16.4. The largest absolute Gasteiger partial charge is 0.453 e. The molecule has 4 rings (SSSR count). The van der Waals surface area contributed by atoms with Crippen molar-refractivity contribution in [2.45, 2.75) is 18.9 Å². The van der Waals surface area contributed by atoms with Crippen LogP contribution < -0.4 is 10.6 Å². The number of rotatable bonds is 4. The van der Waals surface area contributed by atoms with Crippen LogP contribution in [0.3, 0.4) is 0 Å². The molecule has 1 saturated heterocycles. The molecule has 1 amide bonds. The molecule has 11 heteroatoms. The van der Waals surface area contributed by atoms with Gasteiger partial charge in [-0.15, -0.1) is 0 Å². The lowest BCUT2D eigenvalue weighted by Gasteiger charge is -2.32. The van der Waals surface area contributed by atoms with Gasteiger partial charge in [0, 0.05) is 24.8 Å². The van der Waals surface area contributed by atoms with Crippen LogP contribution in [0.25, 0.3) is 11.0 Å². The van der Waals surface area contributed by atoms with E-state index in [9.17, 15) is 9.18 Å². The molecule has 30 heavy (non-hydrogen) atoms. The van der Waals surface area contributed by atoms with Gasteiger partial charge in [-0.2, -0.15) is 0 Å². The van der Waals surface area contributed by atoms with Crippen molar-refractivity contribution in [3.8, 4) is 0 Å². The molecule has 0 radical (unpaired) electrons. The lowest BCUT2D eigenvalue weighted by Crippen LogP contribution is -2.45. The predicted molar refractivity (Wildman–Crippen MR) is 110 cm³/mol. The second-order valence-corrected chi connectivity index (χ2v) is 7.21. The summed E-state index contributed by atoms with van der Waals surface area (Å²) in [7, 11) is 1.37. The maximum absolute atomic E-state index is 13.4. The molecule has 0 bridgehead atoms. The quantitative estimate of drug-likeness (QED) is 0.645. The van der Waals surface area contributed by atoms with Gasteiger partial charge in [-0.05, 0) is 31.0 Å². The van der Waals surface area contributed by atoms with Gasteiger partial charge in [-0.3, -0.25) is 0 Å². The van der Waals surface area contributed by atoms with Crippen LogP contribution in [-0.2, 0) is 4.74 Å². The number of hydrogen-bond donors (Lipinski definition) is 2. The zero-order valence-corrected chi connectivity index (χ0v) is 16.9. The lowest BCUT2D eigenvalue weighted by atomic mass is 10.1. The fraction of sp³-hybridized carbons (Fsp3) is 0.316. The van der Waals surface area contributed by atoms with Gasteiger partial charge in [-0.25, -0.2) is 29.1 Å². The fourth-order valence-corrected chi connectivity index (χ4v) is 3.48. The van der Waals surface area contributed by atoms with E-state index >= 15 is 0 Å². The number of anilines is 3. The van der Waals surface area contributed by atoms with E-state index < -0.39 is 5.82 Å². The van der Waals surface area contributed by atoms with Gasteiger partial charge in [-0.1, -0.05) is 11.6 Å². The summed E-state index contributed by atoms with van der Waals surface area (Å²) in [6.07, 6.45) is 4.36. The van der Waals surface area contributed by atoms with Crippen molar-refractivity contribution in [1.29, 1.82) is 0 Å². The van der Waals surface area contributed by atoms with Crippen LogP contribution in [0.1, 0.15) is 12.8 Å². The highest BCUT2D eigenvalue weighted by molar-refractivity contribution is 6.31. The minimum atomic E-state index is -0.503. The Kier molecular flexibility index (Phi) is 5.75. The number of halogens is 2. The van der Waals surface area contributed by atoms with Crippen LogP contribution in [0, 0.1) is 5.82 Å². The minimum absolute atomic E-state index is 0.00259. The molecule has 1 atom stereocenters. The molecule has 1 fully saturated rings. The number of methoxy groups -OCH3 is 1. The van der Waals surface area contributed by atoms with Crippen LogP contribution in [0.4, 0.5) is 26.6 Å². The average molecular weight is 432 g/mol. The number of nitrogens with one attached hydrogen (secondary N) is 2. The molecule has 2 N–H and O–H groups in total. The third-order valence-corrected chi connectivity index (χ3v) is 5.04. The molecule has 0 saturated carbocycles. The van der Waals surface area contributed by atoms with E-state index in [4.69, 9.17) is 16.3 Å². The van der Waals surface area contributed by atoms with Gasteiger partial charge in [0.1, 0.15) is 23.2 Å². The molecule has 0 aliphatic carbocycles. The summed E-state index contributed by atoms with van der Waals surface area (Å²) in [6.45, 7) is 1.16. The van der Waals surface area contributed by atoms with E-state index in [-0.39, 0.29) is 17.2 Å². The zero-order valence-electron chi connectivity index (χ0n) is 16.1. The Morgan fingerprint density at radius 1 is 1.33 bits per heavy atom. The number of carbonyl (C=O) groups is 1. The van der Waals surface area contributed by atoms with Gasteiger partial charge in [0.2, 0.25) is 5.95 Å². The van der Waals surface area contributed by atoms with Crippen LogP contribution in [-0.4, -0.2) is 57.2 Å². The highest BCUT2D eigenvalue weighted by Gasteiger charge is 2.24. The Bertz CT molecular complexity index is 1080. The topological polar surface area (TPSA) is 105 Å². The second-order valence-electron chi connectivity index (χ2n) is 6.80. The van der Waals surface area contributed by atoms with Crippen molar-refractivity contribution in [2.24, 2.45) is 0 Å². The number of benzene rings is 1. The maximum Gasteiger partial charge on any atom is 0.409 e. The number of carbonyl (C=O) groups excluding carboxylic acids is 1. The van der Waals surface area contributed by atoms with E-state index in [0.717, 1.165) is 12.8 Å². The Balaban J connectivity index is 1.56. The number of fused-ring (bicyclic) bond motifs is 1. The Hall–Kier alpha value is -3.27. The first-order valence-corrected chi connectivity index (χ1v) is 9.70. The first-order valence-electron chi connectivity index (χ1n) is 9.33. The fourth-order valence-electron chi connectivity index (χ4n) is 3.30. The number of nitrogens with zero attached hydrogens (tertiary/aromatic N) is 5. The highest BCUT2D eigenvalue weighted by Crippen LogP contribution is 2.25. The maximum atomic E-state index is 13.4. The van der Waals surface area contributed by atoms with Gasteiger partial charge >= 0.3 is 6.09 Å². The van der Waals surface area contributed by atoms with Crippen LogP contribution in [0.5, 0.6) is 0 Å². The van der Waals surface area contributed by atoms with Crippen molar-refractivity contribution in [1.82, 2.24) is 24.8 Å². The first kappa shape index (κ1) is 20.0. The van der Waals surface area contributed by atoms with Crippen molar-refractivity contribution >= 4 is 46.2 Å². The van der Waals surface area contributed by atoms with Gasteiger partial charge < -0.3 is 20.3 Å². The molecule has 2 aromatic heterocycles. The van der Waals surface area contributed by atoms with Crippen molar-refractivity contribution in [3.63, 3.8) is 0 Å². The number of hydrogen-bond acceptors (Lipinski definition) is 8. The van der Waals surface area contributed by atoms with Crippen molar-refractivity contribution < 1.29 is 13.9 Å². The number of aromatic nitrogens is 4. The molecule has 0 spiro atoms. The summed E-state index contributed by atoms with van der Waals surface area (Å²) in [5, 5.41) is 6.35. The summed E-state index contributed by atoms with van der Waals surface area (Å²) in [5.41, 5.74) is 1.61. The van der Waals surface area contributed by atoms with Crippen LogP contribution >= 0.6 is 11.6 Å². The zero-order chi connectivity index (χ0) is 21.1. The third-order valence-electron chi connectivity index (χ3n) is 4.75. The summed E-state index contributed by atoms with van der Waals surface area (Å²) >= 11 is 5.86. The third kappa shape index (κ3) is 4.33. The van der Waals surface area contributed by atoms with E-state index in [1.54, 1.807) is 17.2 Å². The molecule has 1 aromatic carbocycles.